The lowest BCUT2D eigenvalue weighted by Crippen LogP contribution is -2.85. The molecule has 0 atom stereocenters. The molecule has 3 N–H and O–H groups in total. The predicted molar refractivity (Wildman–Crippen MR) is 67.1 cm³/mol. The van der Waals surface area contributed by atoms with Crippen LogP contribution in [-0.4, -0.2) is 24.6 Å². The molecule has 0 amide bonds. The lowest BCUT2D eigenvalue weighted by Gasteiger charge is -2.06. The lowest BCUT2D eigenvalue weighted by atomic mass is 10.3. The molecule has 6 heteroatoms. The minimum absolute atomic E-state index is 0.0144. The summed E-state index contributed by atoms with van der Waals surface area (Å²) in [5.74, 6) is 2.51. The summed E-state index contributed by atoms with van der Waals surface area (Å²) in [7, 11) is 0. The van der Waals surface area contributed by atoms with Crippen LogP contribution in [0.2, 0.25) is 5.02 Å². The number of nitro groups is 1. The van der Waals surface area contributed by atoms with E-state index in [0.29, 0.717) is 23.8 Å². The summed E-state index contributed by atoms with van der Waals surface area (Å²) in [4.78, 5) is 10.0. The molecule has 0 aliphatic carbocycles. The highest BCUT2D eigenvalue weighted by molar-refractivity contribution is 6.33. The Morgan fingerprint density at radius 3 is 2.94 bits per heavy atom. The van der Waals surface area contributed by atoms with Crippen molar-refractivity contribution < 1.29 is 10.2 Å². The second kappa shape index (κ2) is 6.74. The smallest absolute Gasteiger partial charge is 0.271 e. The highest BCUT2D eigenvalue weighted by Gasteiger charge is 2.08. The second-order valence-electron chi connectivity index (χ2n) is 3.33. The highest BCUT2D eigenvalue weighted by Crippen LogP contribution is 2.26. The summed E-state index contributed by atoms with van der Waals surface area (Å²) in [6.45, 7) is 2.15. The topological polar surface area (TPSA) is 71.8 Å². The number of nitrogens with one attached hydrogen (secondary N) is 1. The molecule has 0 aliphatic heterocycles. The maximum atomic E-state index is 10.5. The summed E-state index contributed by atoms with van der Waals surface area (Å²) < 4.78 is 0. The molecule has 0 heterocycles. The van der Waals surface area contributed by atoms with Crippen LogP contribution in [0.1, 0.15) is 0 Å². The minimum Gasteiger partial charge on any atom is -0.378 e. The van der Waals surface area contributed by atoms with Crippen molar-refractivity contribution in [1.29, 1.82) is 0 Å². The van der Waals surface area contributed by atoms with E-state index in [2.05, 4.69) is 11.2 Å². The molecule has 0 bridgehead atoms. The zero-order valence-corrected chi connectivity index (χ0v) is 9.91. The maximum absolute atomic E-state index is 10.5. The number of benzene rings is 1. The Labute approximate surface area is 104 Å². The molecule has 17 heavy (non-hydrogen) atoms. The average Bonchev–Trinajstić information content (AvgIpc) is 2.30. The van der Waals surface area contributed by atoms with Gasteiger partial charge in [-0.15, -0.1) is 6.42 Å². The number of nitro benzene ring substituents is 1. The van der Waals surface area contributed by atoms with Crippen LogP contribution in [0, 0.1) is 22.5 Å². The first-order chi connectivity index (χ1) is 8.15. The van der Waals surface area contributed by atoms with Gasteiger partial charge in [0, 0.05) is 12.1 Å². The van der Waals surface area contributed by atoms with Gasteiger partial charge in [0.1, 0.15) is 6.54 Å². The van der Waals surface area contributed by atoms with Gasteiger partial charge in [-0.1, -0.05) is 11.6 Å². The van der Waals surface area contributed by atoms with Crippen LogP contribution >= 0.6 is 11.6 Å². The first-order valence-electron chi connectivity index (χ1n) is 5.08. The van der Waals surface area contributed by atoms with E-state index in [1.54, 1.807) is 6.07 Å². The third-order valence-corrected chi connectivity index (χ3v) is 2.40. The molecule has 0 radical (unpaired) electrons. The van der Waals surface area contributed by atoms with E-state index in [1.165, 1.54) is 12.1 Å². The quantitative estimate of drug-likeness (QED) is 0.342. The van der Waals surface area contributed by atoms with Crippen LogP contribution < -0.4 is 10.6 Å². The van der Waals surface area contributed by atoms with Gasteiger partial charge in [-0.3, -0.25) is 10.1 Å². The van der Waals surface area contributed by atoms with Crippen molar-refractivity contribution in [2.24, 2.45) is 0 Å². The summed E-state index contributed by atoms with van der Waals surface area (Å²) in [6, 6.07) is 4.34. The Hall–Kier alpha value is -1.77. The second-order valence-corrected chi connectivity index (χ2v) is 3.74. The van der Waals surface area contributed by atoms with Gasteiger partial charge in [-0.2, -0.15) is 0 Å². The van der Waals surface area contributed by atoms with Crippen LogP contribution in [0.3, 0.4) is 0 Å². The fraction of sp³-hybridized carbons (Fsp3) is 0.273. The summed E-state index contributed by atoms with van der Waals surface area (Å²) >= 11 is 5.90. The number of quaternary nitrogens is 1. The van der Waals surface area contributed by atoms with Crippen LogP contribution in [0.5, 0.6) is 0 Å². The van der Waals surface area contributed by atoms with Crippen molar-refractivity contribution in [2.75, 3.05) is 25.0 Å². The van der Waals surface area contributed by atoms with Gasteiger partial charge >= 0.3 is 0 Å². The Bertz CT molecular complexity index is 443. The highest BCUT2D eigenvalue weighted by atomic mass is 35.5. The van der Waals surface area contributed by atoms with Crippen molar-refractivity contribution in [1.82, 2.24) is 0 Å². The Kier molecular flexibility index (Phi) is 5.27. The number of hydrogen-bond acceptors (Lipinski definition) is 3. The molecule has 1 aromatic rings. The third kappa shape index (κ3) is 4.31. The number of anilines is 1. The van der Waals surface area contributed by atoms with Gasteiger partial charge in [0.25, 0.3) is 5.69 Å². The summed E-state index contributed by atoms with van der Waals surface area (Å²) in [5.41, 5.74) is 0.672. The van der Waals surface area contributed by atoms with Gasteiger partial charge < -0.3 is 10.6 Å². The largest absolute Gasteiger partial charge is 0.378 e. The summed E-state index contributed by atoms with van der Waals surface area (Å²) in [5, 5.41) is 15.9. The minimum atomic E-state index is -0.476. The molecule has 0 aliphatic rings. The third-order valence-electron chi connectivity index (χ3n) is 2.09. The molecule has 1 rings (SSSR count). The van der Waals surface area contributed by atoms with E-state index in [4.69, 9.17) is 18.0 Å². The van der Waals surface area contributed by atoms with E-state index in [-0.39, 0.29) is 5.69 Å². The first kappa shape index (κ1) is 13.3. The molecule has 0 saturated carbocycles. The molecule has 1 aromatic carbocycles. The van der Waals surface area contributed by atoms with Crippen molar-refractivity contribution in [3.8, 4) is 12.3 Å². The number of halogens is 1. The fourth-order valence-corrected chi connectivity index (χ4v) is 1.50. The number of terminal acetylenes is 1. The van der Waals surface area contributed by atoms with E-state index < -0.39 is 4.92 Å². The zero-order valence-electron chi connectivity index (χ0n) is 9.15. The van der Waals surface area contributed by atoms with Crippen LogP contribution in [0.15, 0.2) is 18.2 Å². The number of hydrogen-bond donors (Lipinski definition) is 2. The molecule has 5 nitrogen and oxygen atoms in total. The van der Waals surface area contributed by atoms with Gasteiger partial charge in [0.15, 0.2) is 0 Å². The SMILES string of the molecule is C#CC[NH2+]CCNc1ccc([N+](=O)[O-])cc1Cl. The van der Waals surface area contributed by atoms with E-state index >= 15 is 0 Å². The van der Waals surface area contributed by atoms with E-state index in [9.17, 15) is 10.1 Å². The van der Waals surface area contributed by atoms with E-state index in [0.717, 1.165) is 6.54 Å². The first-order valence-corrected chi connectivity index (χ1v) is 5.46. The molecular formula is C11H13ClN3O2+. The fourth-order valence-electron chi connectivity index (χ4n) is 1.26. The monoisotopic (exact) mass is 254 g/mol. The molecular weight excluding hydrogens is 242 g/mol. The van der Waals surface area contributed by atoms with Crippen molar-refractivity contribution in [3.05, 3.63) is 33.3 Å². The average molecular weight is 255 g/mol. The lowest BCUT2D eigenvalue weighted by molar-refractivity contribution is -0.641. The van der Waals surface area contributed by atoms with Gasteiger partial charge in [-0.25, -0.2) is 0 Å². The standard InChI is InChI=1S/C11H12ClN3O2/c1-2-5-13-6-7-14-11-4-3-9(15(16)17)8-10(11)12/h1,3-4,8,13-14H,5-7H2/p+1. The van der Waals surface area contributed by atoms with Gasteiger partial charge in [0.05, 0.1) is 28.7 Å². The zero-order chi connectivity index (χ0) is 12.7. The molecule has 0 aromatic heterocycles. The van der Waals surface area contributed by atoms with Gasteiger partial charge in [-0.05, 0) is 12.0 Å². The summed E-state index contributed by atoms with van der Waals surface area (Å²) in [6.07, 6.45) is 5.10. The predicted octanol–water partition coefficient (Wildman–Crippen LogP) is 0.857. The maximum Gasteiger partial charge on any atom is 0.271 e. The van der Waals surface area contributed by atoms with Crippen molar-refractivity contribution in [3.63, 3.8) is 0 Å². The van der Waals surface area contributed by atoms with Crippen molar-refractivity contribution >= 4 is 23.0 Å². The Morgan fingerprint density at radius 1 is 1.59 bits per heavy atom. The molecule has 0 spiro atoms. The number of nitrogens with two attached hydrogens (primary N) is 1. The van der Waals surface area contributed by atoms with Crippen LogP contribution in [0.4, 0.5) is 11.4 Å². The van der Waals surface area contributed by atoms with Gasteiger partial charge in [0.2, 0.25) is 0 Å². The number of nitrogens with zero attached hydrogens (tertiary/aromatic N) is 1. The molecule has 0 unspecified atom stereocenters. The molecule has 0 fully saturated rings. The number of non-ortho nitro benzene ring substituents is 1. The normalized spacial score (nSPS) is 9.65. The van der Waals surface area contributed by atoms with Crippen LogP contribution in [0.25, 0.3) is 0 Å². The number of rotatable bonds is 6. The molecule has 90 valence electrons. The Balaban J connectivity index is 2.50. The van der Waals surface area contributed by atoms with Crippen molar-refractivity contribution in [2.45, 2.75) is 0 Å². The molecule has 0 saturated heterocycles. The Morgan fingerprint density at radius 2 is 2.35 bits per heavy atom. The van der Waals surface area contributed by atoms with Crippen LogP contribution in [-0.2, 0) is 0 Å². The van der Waals surface area contributed by atoms with E-state index in [1.807, 2.05) is 5.32 Å².